The zero-order valence-electron chi connectivity index (χ0n) is 17.3. The van der Waals surface area contributed by atoms with E-state index in [1.54, 1.807) is 41.8 Å². The number of benzene rings is 2. The van der Waals surface area contributed by atoms with Gasteiger partial charge in [-0.15, -0.1) is 5.10 Å². The van der Waals surface area contributed by atoms with Crippen LogP contribution in [0.15, 0.2) is 63.3 Å². The third kappa shape index (κ3) is 4.47. The molecule has 1 fully saturated rings. The molecule has 1 amide bonds. The van der Waals surface area contributed by atoms with Gasteiger partial charge in [0.1, 0.15) is 0 Å². The van der Waals surface area contributed by atoms with Gasteiger partial charge in [0.15, 0.2) is 5.69 Å². The number of hydrogen-bond donors (Lipinski definition) is 2. The number of aromatic nitrogens is 4. The zero-order chi connectivity index (χ0) is 23.1. The van der Waals surface area contributed by atoms with Gasteiger partial charge >= 0.3 is 0 Å². The third-order valence-corrected chi connectivity index (χ3v) is 7.25. The molecule has 168 valence electrons. The van der Waals surface area contributed by atoms with Crippen LogP contribution in [0.1, 0.15) is 19.8 Å². The fraction of sp³-hybridized carbons (Fsp3) is 0.190. The second-order valence-corrected chi connectivity index (χ2v) is 10.2. The van der Waals surface area contributed by atoms with Gasteiger partial charge in [0.05, 0.1) is 10.6 Å². The van der Waals surface area contributed by atoms with E-state index in [0.29, 0.717) is 28.5 Å². The molecule has 2 heterocycles. The predicted octanol–water partition coefficient (Wildman–Crippen LogP) is 3.79. The van der Waals surface area contributed by atoms with E-state index >= 15 is 0 Å². The number of anilines is 2. The first-order valence-corrected chi connectivity index (χ1v) is 12.3. The smallest absolute Gasteiger partial charge is 0.279 e. The van der Waals surface area contributed by atoms with Crippen molar-refractivity contribution in [3.8, 4) is 23.0 Å². The van der Waals surface area contributed by atoms with Crippen molar-refractivity contribution in [1.82, 2.24) is 19.7 Å². The number of amides is 1. The summed E-state index contributed by atoms with van der Waals surface area (Å²) in [4.78, 5) is 16.6. The summed E-state index contributed by atoms with van der Waals surface area (Å²) < 4.78 is 37.2. The van der Waals surface area contributed by atoms with E-state index in [4.69, 9.17) is 4.52 Å². The molecule has 1 aliphatic rings. The second-order valence-electron chi connectivity index (χ2n) is 7.94. The fourth-order valence-electron chi connectivity index (χ4n) is 3.06. The predicted molar refractivity (Wildman–Crippen MR) is 122 cm³/mol. The van der Waals surface area contributed by atoms with Crippen LogP contribution in [0.4, 0.5) is 11.4 Å². The van der Waals surface area contributed by atoms with E-state index in [9.17, 15) is 13.2 Å². The van der Waals surface area contributed by atoms with Gasteiger partial charge < -0.3 is 9.84 Å². The fourth-order valence-corrected chi connectivity index (χ4v) is 4.54. The van der Waals surface area contributed by atoms with Crippen LogP contribution in [0.3, 0.4) is 0 Å². The van der Waals surface area contributed by atoms with E-state index < -0.39 is 10.0 Å². The van der Waals surface area contributed by atoms with Crippen molar-refractivity contribution in [1.29, 1.82) is 0 Å². The molecular weight excluding hydrogens is 464 g/mol. The molecule has 2 N–H and O–H groups in total. The first-order valence-electron chi connectivity index (χ1n) is 9.98. The molecule has 2 aromatic heterocycles. The molecule has 0 radical (unpaired) electrons. The number of sulfonamides is 1. The molecule has 2 aromatic carbocycles. The van der Waals surface area contributed by atoms with Crippen molar-refractivity contribution >= 4 is 38.8 Å². The molecule has 0 saturated heterocycles. The third-order valence-electron chi connectivity index (χ3n) is 5.35. The standard InChI is InChI=1S/C21H18N6O4S2/c1-21(9-10-21)20(28)22-14-3-2-4-15(11-14)26-33(29,30)16-7-5-13(6-8-16)18-23-19(31-25-18)17-12-32-27-24-17/h2-8,11-12,26H,9-10H2,1H3,(H,22,28). The number of hydrogen-bond acceptors (Lipinski definition) is 9. The molecule has 10 nitrogen and oxygen atoms in total. The Morgan fingerprint density at radius 2 is 1.88 bits per heavy atom. The topological polar surface area (TPSA) is 140 Å². The minimum Gasteiger partial charge on any atom is -0.332 e. The number of rotatable bonds is 7. The summed E-state index contributed by atoms with van der Waals surface area (Å²) in [6.07, 6.45) is 1.71. The SMILES string of the molecule is CC1(C(=O)Nc2cccc(NS(=O)(=O)c3ccc(-c4noc(-c5csnn5)n4)cc3)c2)CC1. The Bertz CT molecular complexity index is 1410. The Balaban J connectivity index is 1.30. The normalized spacial score (nSPS) is 14.6. The first-order chi connectivity index (χ1) is 15.8. The lowest BCUT2D eigenvalue weighted by Gasteiger charge is -2.12. The summed E-state index contributed by atoms with van der Waals surface area (Å²) in [6.45, 7) is 1.91. The van der Waals surface area contributed by atoms with Crippen LogP contribution >= 0.6 is 11.5 Å². The van der Waals surface area contributed by atoms with Crippen molar-refractivity contribution in [3.63, 3.8) is 0 Å². The maximum Gasteiger partial charge on any atom is 0.279 e. The molecule has 33 heavy (non-hydrogen) atoms. The minimum atomic E-state index is -3.85. The quantitative estimate of drug-likeness (QED) is 0.405. The van der Waals surface area contributed by atoms with Gasteiger partial charge in [-0.1, -0.05) is 22.6 Å². The van der Waals surface area contributed by atoms with Crippen LogP contribution in [0.5, 0.6) is 0 Å². The summed E-state index contributed by atoms with van der Waals surface area (Å²) >= 11 is 1.17. The van der Waals surface area contributed by atoms with Crippen LogP contribution in [0.2, 0.25) is 0 Å². The molecule has 0 spiro atoms. The highest BCUT2D eigenvalue weighted by Gasteiger charge is 2.44. The van der Waals surface area contributed by atoms with E-state index in [1.807, 2.05) is 6.92 Å². The average Bonchev–Trinajstić information content (AvgIpc) is 3.21. The van der Waals surface area contributed by atoms with Gasteiger partial charge in [0, 0.05) is 22.0 Å². The lowest BCUT2D eigenvalue weighted by molar-refractivity contribution is -0.120. The molecule has 12 heteroatoms. The van der Waals surface area contributed by atoms with Gasteiger partial charge in [-0.3, -0.25) is 9.52 Å². The molecule has 4 aromatic rings. The second kappa shape index (κ2) is 8.05. The van der Waals surface area contributed by atoms with Crippen LogP contribution in [-0.4, -0.2) is 34.1 Å². The number of nitrogens with one attached hydrogen (secondary N) is 2. The highest BCUT2D eigenvalue weighted by Crippen LogP contribution is 2.45. The molecule has 0 aliphatic heterocycles. The largest absolute Gasteiger partial charge is 0.332 e. The van der Waals surface area contributed by atoms with E-state index in [2.05, 4.69) is 29.8 Å². The van der Waals surface area contributed by atoms with Gasteiger partial charge in [-0.05, 0) is 66.8 Å². The Hall–Kier alpha value is -3.64. The monoisotopic (exact) mass is 482 g/mol. The van der Waals surface area contributed by atoms with E-state index in [-0.39, 0.29) is 22.1 Å². The van der Waals surface area contributed by atoms with Crippen molar-refractivity contribution in [2.24, 2.45) is 5.41 Å². The summed E-state index contributed by atoms with van der Waals surface area (Å²) in [6, 6.07) is 12.7. The molecule has 5 rings (SSSR count). The number of nitrogens with zero attached hydrogens (tertiary/aromatic N) is 4. The highest BCUT2D eigenvalue weighted by molar-refractivity contribution is 7.92. The maximum atomic E-state index is 12.8. The van der Waals surface area contributed by atoms with Crippen molar-refractivity contribution in [2.75, 3.05) is 10.0 Å². The average molecular weight is 483 g/mol. The van der Waals surface area contributed by atoms with Crippen LogP contribution < -0.4 is 10.0 Å². The minimum absolute atomic E-state index is 0.0613. The van der Waals surface area contributed by atoms with Gasteiger partial charge in [-0.2, -0.15) is 4.98 Å². The molecular formula is C21H18N6O4S2. The zero-order valence-corrected chi connectivity index (χ0v) is 19.0. The highest BCUT2D eigenvalue weighted by atomic mass is 32.2. The lowest BCUT2D eigenvalue weighted by Crippen LogP contribution is -2.21. The van der Waals surface area contributed by atoms with Gasteiger partial charge in [0.2, 0.25) is 11.7 Å². The maximum absolute atomic E-state index is 12.8. The lowest BCUT2D eigenvalue weighted by atomic mass is 10.1. The van der Waals surface area contributed by atoms with Gasteiger partial charge in [0.25, 0.3) is 15.9 Å². The molecule has 0 atom stereocenters. The molecule has 1 aliphatic carbocycles. The number of carbonyl (C=O) groups is 1. The summed E-state index contributed by atoms with van der Waals surface area (Å²) in [5, 5.41) is 12.3. The van der Waals surface area contributed by atoms with Crippen molar-refractivity contribution < 1.29 is 17.7 Å². The van der Waals surface area contributed by atoms with Crippen LogP contribution in [-0.2, 0) is 14.8 Å². The van der Waals surface area contributed by atoms with E-state index in [1.165, 1.54) is 23.7 Å². The van der Waals surface area contributed by atoms with Crippen molar-refractivity contribution in [3.05, 3.63) is 53.9 Å². The Kier molecular flexibility index (Phi) is 5.17. The summed E-state index contributed by atoms with van der Waals surface area (Å²) in [5.74, 6) is 0.483. The first kappa shape index (κ1) is 21.2. The Morgan fingerprint density at radius 1 is 1.12 bits per heavy atom. The molecule has 0 bridgehead atoms. The molecule has 0 unspecified atom stereocenters. The van der Waals surface area contributed by atoms with Crippen molar-refractivity contribution in [2.45, 2.75) is 24.7 Å². The van der Waals surface area contributed by atoms with Gasteiger partial charge in [-0.25, -0.2) is 8.42 Å². The molecule has 1 saturated carbocycles. The summed E-state index contributed by atoms with van der Waals surface area (Å²) in [7, 11) is -3.85. The summed E-state index contributed by atoms with van der Waals surface area (Å²) in [5.41, 5.74) is 1.62. The number of carbonyl (C=O) groups excluding carboxylic acids is 1. The Morgan fingerprint density at radius 3 is 2.58 bits per heavy atom. The van der Waals surface area contributed by atoms with Crippen LogP contribution in [0, 0.1) is 5.41 Å². The van der Waals surface area contributed by atoms with Crippen LogP contribution in [0.25, 0.3) is 23.0 Å². The Labute approximate surface area is 193 Å². The van der Waals surface area contributed by atoms with E-state index in [0.717, 1.165) is 12.8 Å².